The van der Waals surface area contributed by atoms with Crippen LogP contribution < -0.4 is 0 Å². The van der Waals surface area contributed by atoms with E-state index in [0.29, 0.717) is 12.3 Å². The van der Waals surface area contributed by atoms with Gasteiger partial charge in [-0.1, -0.05) is 30.3 Å². The summed E-state index contributed by atoms with van der Waals surface area (Å²) in [6, 6.07) is 10.4. The van der Waals surface area contributed by atoms with Gasteiger partial charge in [0, 0.05) is 56.5 Å². The first-order valence-corrected chi connectivity index (χ1v) is 9.37. The van der Waals surface area contributed by atoms with Crippen LogP contribution in [0.4, 0.5) is 0 Å². The van der Waals surface area contributed by atoms with Crippen molar-refractivity contribution in [1.29, 1.82) is 0 Å². The second-order valence-electron chi connectivity index (χ2n) is 6.93. The predicted octanol–water partition coefficient (Wildman–Crippen LogP) is 2.67. The maximum Gasteiger partial charge on any atom is 0.228 e. The van der Waals surface area contributed by atoms with Crippen molar-refractivity contribution < 1.29 is 4.79 Å². The van der Waals surface area contributed by atoms with Crippen LogP contribution in [0.3, 0.4) is 0 Å². The molecule has 1 aliphatic rings. The molecule has 138 valence electrons. The third-order valence-electron chi connectivity index (χ3n) is 5.11. The van der Waals surface area contributed by atoms with Crippen LogP contribution in [0.1, 0.15) is 35.8 Å². The van der Waals surface area contributed by atoms with Crippen molar-refractivity contribution >= 4 is 5.91 Å². The minimum absolute atomic E-state index is 0.126. The zero-order chi connectivity index (χ0) is 18.5. The Morgan fingerprint density at radius 1 is 1.04 bits per heavy atom. The summed E-state index contributed by atoms with van der Waals surface area (Å²) < 4.78 is 2.23. The molecule has 0 spiro atoms. The Hall–Kier alpha value is -3.02. The SMILES string of the molecule is O=C(Cc1cnccn1)N1CCC(c2nccn2Cc2ccccc2)CC1. The maximum atomic E-state index is 12.5. The fraction of sp³-hybridized carbons (Fsp3) is 0.333. The van der Waals surface area contributed by atoms with Crippen LogP contribution in [0.2, 0.25) is 0 Å². The Bertz CT molecular complexity index is 870. The first-order valence-electron chi connectivity index (χ1n) is 9.37. The maximum absolute atomic E-state index is 12.5. The first kappa shape index (κ1) is 17.4. The number of amides is 1. The molecular weight excluding hydrogens is 338 g/mol. The zero-order valence-corrected chi connectivity index (χ0v) is 15.2. The van der Waals surface area contributed by atoms with Gasteiger partial charge in [0.1, 0.15) is 5.82 Å². The van der Waals surface area contributed by atoms with E-state index in [9.17, 15) is 4.79 Å². The molecule has 3 aromatic rings. The number of hydrogen-bond donors (Lipinski definition) is 0. The Labute approximate surface area is 158 Å². The van der Waals surface area contributed by atoms with Crippen molar-refractivity contribution in [3.05, 3.63) is 78.4 Å². The van der Waals surface area contributed by atoms with E-state index >= 15 is 0 Å². The number of piperidine rings is 1. The zero-order valence-electron chi connectivity index (χ0n) is 15.2. The molecule has 1 amide bonds. The van der Waals surface area contributed by atoms with Gasteiger partial charge in [-0.3, -0.25) is 14.8 Å². The van der Waals surface area contributed by atoms with Crippen molar-refractivity contribution in [1.82, 2.24) is 24.4 Å². The summed E-state index contributed by atoms with van der Waals surface area (Å²) in [7, 11) is 0. The molecule has 1 aromatic carbocycles. The Balaban J connectivity index is 1.36. The number of likely N-dealkylation sites (tertiary alicyclic amines) is 1. The number of nitrogens with zero attached hydrogens (tertiary/aromatic N) is 5. The van der Waals surface area contributed by atoms with Crippen molar-refractivity contribution in [3.8, 4) is 0 Å². The fourth-order valence-corrected chi connectivity index (χ4v) is 3.67. The summed E-state index contributed by atoms with van der Waals surface area (Å²) in [4.78, 5) is 27.3. The number of rotatable bonds is 5. The molecular formula is C21H23N5O. The van der Waals surface area contributed by atoms with Gasteiger partial charge in [-0.25, -0.2) is 4.98 Å². The lowest BCUT2D eigenvalue weighted by molar-refractivity contribution is -0.131. The van der Waals surface area contributed by atoms with Crippen LogP contribution in [-0.4, -0.2) is 43.4 Å². The molecule has 1 saturated heterocycles. The van der Waals surface area contributed by atoms with Crippen molar-refractivity contribution in [2.45, 2.75) is 31.7 Å². The van der Waals surface area contributed by atoms with E-state index in [-0.39, 0.29) is 5.91 Å². The molecule has 27 heavy (non-hydrogen) atoms. The van der Waals surface area contributed by atoms with Crippen LogP contribution in [0.25, 0.3) is 0 Å². The first-order chi connectivity index (χ1) is 13.3. The monoisotopic (exact) mass is 361 g/mol. The summed E-state index contributed by atoms with van der Waals surface area (Å²) in [5, 5.41) is 0. The van der Waals surface area contributed by atoms with Crippen molar-refractivity contribution in [2.75, 3.05) is 13.1 Å². The highest BCUT2D eigenvalue weighted by Crippen LogP contribution is 2.27. The van der Waals surface area contributed by atoms with E-state index in [1.54, 1.807) is 18.6 Å². The molecule has 0 bridgehead atoms. The number of carbonyl (C=O) groups is 1. The lowest BCUT2D eigenvalue weighted by Gasteiger charge is -2.32. The molecule has 1 fully saturated rings. The van der Waals surface area contributed by atoms with Gasteiger partial charge in [-0.2, -0.15) is 0 Å². The van der Waals surface area contributed by atoms with Crippen LogP contribution in [0, 0.1) is 0 Å². The minimum atomic E-state index is 0.126. The highest BCUT2D eigenvalue weighted by atomic mass is 16.2. The van der Waals surface area contributed by atoms with Gasteiger partial charge in [-0.15, -0.1) is 0 Å². The average Bonchev–Trinajstić information content (AvgIpc) is 3.18. The quantitative estimate of drug-likeness (QED) is 0.701. The van der Waals surface area contributed by atoms with Gasteiger partial charge in [0.15, 0.2) is 0 Å². The molecule has 6 heteroatoms. The van der Waals surface area contributed by atoms with Gasteiger partial charge in [-0.05, 0) is 18.4 Å². The Morgan fingerprint density at radius 3 is 2.59 bits per heavy atom. The molecule has 3 heterocycles. The third-order valence-corrected chi connectivity index (χ3v) is 5.11. The van der Waals surface area contributed by atoms with Crippen LogP contribution >= 0.6 is 0 Å². The van der Waals surface area contributed by atoms with Gasteiger partial charge < -0.3 is 9.47 Å². The molecule has 0 aliphatic carbocycles. The van der Waals surface area contributed by atoms with Crippen molar-refractivity contribution in [2.24, 2.45) is 0 Å². The summed E-state index contributed by atoms with van der Waals surface area (Å²) in [5.41, 5.74) is 2.00. The molecule has 0 N–H and O–H groups in total. The lowest BCUT2D eigenvalue weighted by Crippen LogP contribution is -2.39. The molecule has 0 atom stereocenters. The van der Waals surface area contributed by atoms with Gasteiger partial charge in [0.25, 0.3) is 0 Å². The van der Waals surface area contributed by atoms with E-state index in [0.717, 1.165) is 44.0 Å². The molecule has 0 unspecified atom stereocenters. The number of imidazole rings is 1. The number of aromatic nitrogens is 4. The number of hydrogen-bond acceptors (Lipinski definition) is 4. The van der Waals surface area contributed by atoms with Gasteiger partial charge >= 0.3 is 0 Å². The van der Waals surface area contributed by atoms with E-state index in [1.807, 2.05) is 23.4 Å². The second kappa shape index (κ2) is 8.12. The smallest absolute Gasteiger partial charge is 0.228 e. The lowest BCUT2D eigenvalue weighted by atomic mass is 9.95. The van der Waals surface area contributed by atoms with E-state index < -0.39 is 0 Å². The average molecular weight is 361 g/mol. The van der Waals surface area contributed by atoms with E-state index in [4.69, 9.17) is 0 Å². The molecule has 0 saturated carbocycles. The molecule has 1 aliphatic heterocycles. The second-order valence-corrected chi connectivity index (χ2v) is 6.93. The molecule has 2 aromatic heterocycles. The predicted molar refractivity (Wildman–Crippen MR) is 102 cm³/mol. The normalized spacial score (nSPS) is 15.0. The van der Waals surface area contributed by atoms with E-state index in [1.165, 1.54) is 5.56 Å². The number of benzene rings is 1. The summed E-state index contributed by atoms with van der Waals surface area (Å²) in [6.45, 7) is 2.37. The van der Waals surface area contributed by atoms with Gasteiger partial charge in [0.05, 0.1) is 12.1 Å². The summed E-state index contributed by atoms with van der Waals surface area (Å²) >= 11 is 0. The third kappa shape index (κ3) is 4.22. The van der Waals surface area contributed by atoms with E-state index in [2.05, 4.69) is 43.8 Å². The summed E-state index contributed by atoms with van der Waals surface area (Å²) in [6.07, 6.45) is 11.0. The Morgan fingerprint density at radius 2 is 1.85 bits per heavy atom. The number of carbonyl (C=O) groups excluding carboxylic acids is 1. The highest BCUT2D eigenvalue weighted by molar-refractivity contribution is 5.78. The van der Waals surface area contributed by atoms with Crippen LogP contribution in [-0.2, 0) is 17.8 Å². The molecule has 6 nitrogen and oxygen atoms in total. The van der Waals surface area contributed by atoms with Crippen LogP contribution in [0.5, 0.6) is 0 Å². The topological polar surface area (TPSA) is 63.9 Å². The largest absolute Gasteiger partial charge is 0.342 e. The van der Waals surface area contributed by atoms with Crippen molar-refractivity contribution in [3.63, 3.8) is 0 Å². The molecule has 0 radical (unpaired) electrons. The fourth-order valence-electron chi connectivity index (χ4n) is 3.67. The highest BCUT2D eigenvalue weighted by Gasteiger charge is 2.26. The Kier molecular flexibility index (Phi) is 5.23. The minimum Gasteiger partial charge on any atom is -0.342 e. The molecule has 4 rings (SSSR count). The summed E-state index contributed by atoms with van der Waals surface area (Å²) in [5.74, 6) is 1.64. The standard InChI is InChI=1S/C21H23N5O/c27-20(14-19-15-22-8-9-23-19)25-11-6-18(7-12-25)21-24-10-13-26(21)16-17-4-2-1-3-5-17/h1-5,8-10,13,15,18H,6-7,11-12,14,16H2. The van der Waals surface area contributed by atoms with Gasteiger partial charge in [0.2, 0.25) is 5.91 Å². The van der Waals surface area contributed by atoms with Crippen LogP contribution in [0.15, 0.2) is 61.3 Å².